The molecule has 0 aliphatic carbocycles. The van der Waals surface area contributed by atoms with Gasteiger partial charge in [-0.3, -0.25) is 38.5 Å². The Morgan fingerprint density at radius 3 is 2.08 bits per heavy atom. The van der Waals surface area contributed by atoms with Gasteiger partial charge in [0.2, 0.25) is 29.5 Å². The van der Waals surface area contributed by atoms with E-state index in [1.807, 2.05) is 0 Å². The fourth-order valence-corrected chi connectivity index (χ4v) is 13.4. The second-order valence-electron chi connectivity index (χ2n) is 26.3. The summed E-state index contributed by atoms with van der Waals surface area (Å²) in [6, 6.07) is -9.66. The van der Waals surface area contributed by atoms with Gasteiger partial charge in [0.15, 0.2) is 37.3 Å². The molecule has 2 unspecified atom stereocenters. The number of aliphatic hydroxyl groups excluding tert-OH is 11. The maximum Gasteiger partial charge on any atom is 0.404 e. The summed E-state index contributed by atoms with van der Waals surface area (Å²) >= 11 is 1.91. The van der Waals surface area contributed by atoms with E-state index in [0.717, 1.165) is 68.7 Å². The first-order valence-corrected chi connectivity index (χ1v) is 36.3. The third-order valence-corrected chi connectivity index (χ3v) is 20.0. The van der Waals surface area contributed by atoms with Gasteiger partial charge in [0.05, 0.1) is 93.5 Å². The zero-order valence-electron chi connectivity index (χ0n) is 59.6. The van der Waals surface area contributed by atoms with Crippen LogP contribution in [-0.4, -0.2) is 332 Å². The molecule has 4 aromatic rings. The molecule has 110 heavy (non-hydrogen) atoms. The standard InChI is InChI=1S/C62H95N19O27S2/c1-21-36(77-51(79-49(21)66)26(12-33(64)86)71-14-25(63)50(67)95)53(97)78-38(46(27-15-69-20-72-27)105-61-48(42(91)39(88)31(16-82)104-61)106-60-44(93)47(107-62(68)100)40(89)32(17-83)103-60)55(99)73-22(2)30(85)13-34(87)76-37(23(3)84)54(98)80-56(108-59-43(92)41(90)35(65)24(4)102-59)45(94)58-75-29(19-110-58)57-74-28(18-109-57)52(96)70-6-5-7-81-8-10-101-11-9-81/h15,18-20,22-26,30-32,35,37-48,56,59-61,71,82-85,88-94H,5-14,16-17,63,65H2,1-4H3,(H2,64,86)(H2,67,95)(H2,68,100)(H,69,72)(H,70,96)(H,73,99)(H,76,87)(H,78,97)(H,80,98)(H2,66,77,79)/t22-,23-,24+,25+,26+,30+,31+,32-,35-,37+,38+,39-,40-,41-,42+,43-,44+,45?,46+,47+,48+,56?,59+,60-,61+/m1/s1. The molecule has 0 aromatic carbocycles. The zero-order chi connectivity index (χ0) is 80.7. The fraction of sp³-hybridized carbons (Fsp3) is 0.661. The summed E-state index contributed by atoms with van der Waals surface area (Å²) in [5.74, 6) is -8.27. The number of carbonyl (C=O) groups is 8. The quantitative estimate of drug-likeness (QED) is 0.0147. The van der Waals surface area contributed by atoms with Gasteiger partial charge in [-0.25, -0.2) is 29.7 Å². The van der Waals surface area contributed by atoms with Crippen molar-refractivity contribution < 1.29 is 132 Å². The second-order valence-corrected chi connectivity index (χ2v) is 28.1. The van der Waals surface area contributed by atoms with Crippen LogP contribution >= 0.6 is 22.7 Å². The summed E-state index contributed by atoms with van der Waals surface area (Å²) in [6.07, 6.45) is -37.1. The lowest BCUT2D eigenvalue weighted by molar-refractivity contribution is -0.372. The van der Waals surface area contributed by atoms with Gasteiger partial charge < -0.3 is 165 Å². The number of primary amides is 3. The van der Waals surface area contributed by atoms with Crippen LogP contribution in [0.1, 0.15) is 101 Å². The van der Waals surface area contributed by atoms with E-state index in [9.17, 15) is 84.9 Å². The van der Waals surface area contributed by atoms with Crippen molar-refractivity contribution >= 4 is 75.9 Å². The third-order valence-electron chi connectivity index (χ3n) is 18.2. The van der Waals surface area contributed by atoms with Crippen molar-refractivity contribution in [2.75, 3.05) is 64.9 Å². The summed E-state index contributed by atoms with van der Waals surface area (Å²) in [6.45, 7) is 6.44. The van der Waals surface area contributed by atoms with E-state index in [4.69, 9.17) is 72.3 Å². The van der Waals surface area contributed by atoms with Crippen molar-refractivity contribution in [1.29, 1.82) is 0 Å². The van der Waals surface area contributed by atoms with E-state index in [0.29, 0.717) is 26.2 Å². The number of ether oxygens (including phenoxy) is 8. The van der Waals surface area contributed by atoms with E-state index in [2.05, 4.69) is 66.7 Å². The number of aromatic amines is 1. The minimum absolute atomic E-state index is 0.0872. The number of imidazole rings is 1. The Labute approximate surface area is 633 Å². The summed E-state index contributed by atoms with van der Waals surface area (Å²) in [5.41, 5.74) is 33.5. The Bertz CT molecular complexity index is 3740. The Balaban J connectivity index is 1.05. The highest BCUT2D eigenvalue weighted by Gasteiger charge is 2.54. The van der Waals surface area contributed by atoms with Gasteiger partial charge in [-0.05, 0) is 40.7 Å². The summed E-state index contributed by atoms with van der Waals surface area (Å²) in [4.78, 5) is 134. The first kappa shape index (κ1) is 87.6. The van der Waals surface area contributed by atoms with Gasteiger partial charge in [-0.2, -0.15) is 0 Å². The van der Waals surface area contributed by atoms with Gasteiger partial charge in [0.1, 0.15) is 112 Å². The topological polar surface area (TPSA) is 745 Å². The van der Waals surface area contributed by atoms with Crippen molar-refractivity contribution in [3.63, 3.8) is 0 Å². The summed E-state index contributed by atoms with van der Waals surface area (Å²) < 4.78 is 45.8. The molecule has 0 radical (unpaired) electrons. The number of thiazole rings is 2. The maximum absolute atomic E-state index is 15.3. The lowest BCUT2D eigenvalue weighted by atomic mass is 9.97. The molecule has 25 atom stereocenters. The lowest BCUT2D eigenvalue weighted by Crippen LogP contribution is -2.65. The highest BCUT2D eigenvalue weighted by molar-refractivity contribution is 7.14. The molecule has 8 amide bonds. The summed E-state index contributed by atoms with van der Waals surface area (Å²) in [7, 11) is 0. The number of carbonyl (C=O) groups excluding carboxylic acids is 8. The normalized spacial score (nSPS) is 28.0. The van der Waals surface area contributed by atoms with E-state index < -0.39 is 250 Å². The smallest absolute Gasteiger partial charge is 0.404 e. The van der Waals surface area contributed by atoms with Crippen LogP contribution in [-0.2, 0) is 61.9 Å². The number of rotatable bonds is 37. The van der Waals surface area contributed by atoms with Gasteiger partial charge in [0.25, 0.3) is 11.8 Å². The monoisotopic (exact) mass is 1600 g/mol. The SMILES string of the molecule is Cc1c(N)nc([C@H](CC(N)=O)NC[C@H](N)C(N)=O)nc1C(=O)N[C@H](C(=O)N[C@H](C)[C@@H](O)CC(=O)N[C@H](C(=O)NC(O[C@@H]1O[C@@H](C)[C@@H](N)[C@@H](O)[C@H]1O)C(O)c1nc(-c2nc(C(=O)NCCCN3CCOCC3)cs2)cs1)[C@@H](C)O)[C@@H](O[C@@H]1O[C@@H](CO)[C@@H](O)[C@H](O)[C@@H]1O[C@H]1O[C@H](CO)[C@@H](O)[C@H](OC(N)=O)[C@@H]1O)c1cnc[nH]1. The minimum atomic E-state index is -2.26. The third kappa shape index (κ3) is 22.5. The second kappa shape index (κ2) is 40.0. The first-order chi connectivity index (χ1) is 52.1. The number of anilines is 1. The number of H-pyrrole nitrogens is 1. The van der Waals surface area contributed by atoms with Crippen molar-refractivity contribution in [3.05, 3.63) is 56.8 Å². The molecule has 30 N–H and O–H groups in total. The van der Waals surface area contributed by atoms with E-state index in [-0.39, 0.29) is 32.7 Å². The van der Waals surface area contributed by atoms with Crippen molar-refractivity contribution in [3.8, 4) is 10.7 Å². The highest BCUT2D eigenvalue weighted by atomic mass is 32.1. The molecule has 4 aliphatic rings. The Morgan fingerprint density at radius 2 is 1.44 bits per heavy atom. The molecule has 4 saturated heterocycles. The molecule has 4 aromatic heterocycles. The molecule has 0 bridgehead atoms. The number of amides is 8. The molecule has 8 heterocycles. The molecule has 612 valence electrons. The molecule has 4 fully saturated rings. The zero-order valence-corrected chi connectivity index (χ0v) is 61.3. The Hall–Kier alpha value is -7.97. The van der Waals surface area contributed by atoms with Crippen LogP contribution in [0.5, 0.6) is 0 Å². The molecule has 0 spiro atoms. The van der Waals surface area contributed by atoms with Crippen LogP contribution in [0.15, 0.2) is 23.3 Å². The number of hydrogen-bond donors (Lipinski definition) is 24. The molecular weight excluding hydrogens is 1510 g/mol. The van der Waals surface area contributed by atoms with Crippen molar-refractivity contribution in [1.82, 2.24) is 66.7 Å². The molecule has 48 heteroatoms. The average molecular weight is 1600 g/mol. The molecule has 46 nitrogen and oxygen atoms in total. The van der Waals surface area contributed by atoms with Crippen LogP contribution in [0.2, 0.25) is 0 Å². The van der Waals surface area contributed by atoms with Gasteiger partial charge >= 0.3 is 6.09 Å². The number of nitrogens with one attached hydrogen (secondary N) is 7. The first-order valence-electron chi connectivity index (χ1n) is 34.5. The number of aromatic nitrogens is 6. The predicted molar refractivity (Wildman–Crippen MR) is 373 cm³/mol. The van der Waals surface area contributed by atoms with Gasteiger partial charge in [0, 0.05) is 48.9 Å². The minimum Gasteiger partial charge on any atom is -0.441 e. The number of aliphatic hydroxyl groups is 11. The maximum atomic E-state index is 15.3. The van der Waals surface area contributed by atoms with E-state index in [1.54, 1.807) is 0 Å². The van der Waals surface area contributed by atoms with Crippen molar-refractivity contribution in [2.24, 2.45) is 28.7 Å². The fourth-order valence-electron chi connectivity index (χ4n) is 11.8. The van der Waals surface area contributed by atoms with Crippen LogP contribution in [0, 0.1) is 6.92 Å². The number of nitrogens with zero attached hydrogens (tertiary/aromatic N) is 6. The Morgan fingerprint density at radius 1 is 0.755 bits per heavy atom. The summed E-state index contributed by atoms with van der Waals surface area (Å²) in [5, 5.41) is 141. The molecule has 4 aliphatic heterocycles. The van der Waals surface area contributed by atoms with Crippen LogP contribution < -0.4 is 66.3 Å². The van der Waals surface area contributed by atoms with Crippen molar-refractivity contribution in [2.45, 2.75) is 200 Å². The molecule has 0 saturated carbocycles. The van der Waals surface area contributed by atoms with Crippen LogP contribution in [0.25, 0.3) is 10.7 Å². The Kier molecular flexibility index (Phi) is 31.8. The number of morpholine rings is 1. The largest absolute Gasteiger partial charge is 0.441 e. The van der Waals surface area contributed by atoms with Gasteiger partial charge in [-0.1, -0.05) is 0 Å². The highest BCUT2D eigenvalue weighted by Crippen LogP contribution is 2.36. The number of nitrogen functional groups attached to an aromatic ring is 1. The van der Waals surface area contributed by atoms with Gasteiger partial charge in [-0.15, -0.1) is 22.7 Å². The van der Waals surface area contributed by atoms with Crippen LogP contribution in [0.3, 0.4) is 0 Å². The van der Waals surface area contributed by atoms with E-state index >= 15 is 9.59 Å². The van der Waals surface area contributed by atoms with E-state index in [1.165, 1.54) is 24.6 Å². The molecular formula is C62H95N19O27S2. The predicted octanol–water partition coefficient (Wildman–Crippen LogP) is -10.9. The average Bonchev–Trinajstić information content (AvgIpc) is 1.63. The lowest BCUT2D eigenvalue weighted by Gasteiger charge is -2.47. The van der Waals surface area contributed by atoms with Crippen LogP contribution in [0.4, 0.5) is 10.6 Å². The molecule has 8 rings (SSSR count). The number of nitrogens with two attached hydrogens (primary N) is 6. The number of hydrogen-bond acceptors (Lipinski definition) is 39.